The van der Waals surface area contributed by atoms with Crippen LogP contribution in [0.5, 0.6) is 5.75 Å². The monoisotopic (exact) mass is 390 g/mol. The van der Waals surface area contributed by atoms with Gasteiger partial charge in [-0.25, -0.2) is 0 Å². The van der Waals surface area contributed by atoms with Crippen LogP contribution >= 0.6 is 0 Å². The number of nitrogens with zero attached hydrogens (tertiary/aromatic N) is 1. The van der Waals surface area contributed by atoms with Crippen LogP contribution in [0.3, 0.4) is 0 Å². The van der Waals surface area contributed by atoms with Crippen molar-refractivity contribution in [2.75, 3.05) is 26.3 Å². The van der Waals surface area contributed by atoms with E-state index in [4.69, 9.17) is 9.47 Å². The normalized spacial score (nSPS) is 16.5. The van der Waals surface area contributed by atoms with E-state index in [1.54, 1.807) is 0 Å². The molecule has 7 nitrogen and oxygen atoms in total. The summed E-state index contributed by atoms with van der Waals surface area (Å²) in [6, 6.07) is 4.79. The van der Waals surface area contributed by atoms with E-state index < -0.39 is 12.0 Å². The van der Waals surface area contributed by atoms with E-state index in [0.29, 0.717) is 25.4 Å². The van der Waals surface area contributed by atoms with Gasteiger partial charge in [0.05, 0.1) is 13.0 Å². The van der Waals surface area contributed by atoms with Crippen LogP contribution in [0.2, 0.25) is 0 Å². The molecule has 7 heteroatoms. The number of piperazine rings is 1. The van der Waals surface area contributed by atoms with Gasteiger partial charge in [-0.15, -0.1) is 0 Å². The Bertz CT molecular complexity index is 704. The summed E-state index contributed by atoms with van der Waals surface area (Å²) in [5.74, 6) is -0.482. The first-order valence-electron chi connectivity index (χ1n) is 9.85. The Balaban J connectivity index is 1.94. The maximum absolute atomic E-state index is 12.7. The molecule has 1 aromatic rings. The predicted octanol–water partition coefficient (Wildman–Crippen LogP) is 2.13. The van der Waals surface area contributed by atoms with Crippen molar-refractivity contribution >= 4 is 17.8 Å². The molecule has 1 aliphatic heterocycles. The molecule has 0 aromatic heterocycles. The van der Waals surface area contributed by atoms with Crippen LogP contribution in [0.1, 0.15) is 43.7 Å². The summed E-state index contributed by atoms with van der Waals surface area (Å²) in [6.07, 6.45) is 2.67. The van der Waals surface area contributed by atoms with Crippen LogP contribution in [0.4, 0.5) is 0 Å². The molecule has 1 aliphatic rings. The Labute approximate surface area is 166 Å². The molecule has 2 amide bonds. The van der Waals surface area contributed by atoms with Crippen molar-refractivity contribution in [2.24, 2.45) is 0 Å². The molecular formula is C21H30N2O5. The van der Waals surface area contributed by atoms with E-state index in [2.05, 4.69) is 12.2 Å². The fourth-order valence-electron chi connectivity index (χ4n) is 3.07. The zero-order valence-electron chi connectivity index (χ0n) is 17.0. The lowest BCUT2D eigenvalue weighted by Gasteiger charge is -2.34. The fourth-order valence-corrected chi connectivity index (χ4v) is 3.07. The molecule has 0 spiro atoms. The van der Waals surface area contributed by atoms with Crippen LogP contribution in [0.25, 0.3) is 0 Å². The van der Waals surface area contributed by atoms with Crippen LogP contribution in [-0.2, 0) is 19.1 Å². The lowest BCUT2D eigenvalue weighted by molar-refractivity contribution is -0.152. The molecule has 1 heterocycles. The third-order valence-corrected chi connectivity index (χ3v) is 4.93. The van der Waals surface area contributed by atoms with Crippen molar-refractivity contribution in [1.82, 2.24) is 10.2 Å². The highest BCUT2D eigenvalue weighted by Crippen LogP contribution is 2.21. The van der Waals surface area contributed by atoms with Crippen molar-refractivity contribution in [1.29, 1.82) is 0 Å². The van der Waals surface area contributed by atoms with E-state index in [1.807, 2.05) is 32.0 Å². The van der Waals surface area contributed by atoms with Gasteiger partial charge >= 0.3 is 5.97 Å². The van der Waals surface area contributed by atoms with Gasteiger partial charge in [0.25, 0.3) is 5.91 Å². The number of amides is 2. The number of carbonyl (C=O) groups is 3. The maximum atomic E-state index is 12.7. The molecule has 0 radical (unpaired) electrons. The number of unbranched alkanes of at least 4 members (excludes halogenated alkanes) is 2. The molecule has 28 heavy (non-hydrogen) atoms. The Morgan fingerprint density at radius 1 is 1.25 bits per heavy atom. The minimum atomic E-state index is -0.859. The van der Waals surface area contributed by atoms with Crippen LogP contribution < -0.4 is 10.1 Å². The van der Waals surface area contributed by atoms with E-state index in [1.165, 1.54) is 4.90 Å². The van der Waals surface area contributed by atoms with Crippen LogP contribution in [0.15, 0.2) is 18.2 Å². The fraction of sp³-hybridized carbons (Fsp3) is 0.571. The minimum absolute atomic E-state index is 0.146. The number of aryl methyl sites for hydroxylation is 1. The third kappa shape index (κ3) is 5.97. The molecule has 1 saturated heterocycles. The number of hydrogen-bond donors (Lipinski definition) is 1. The standard InChI is InChI=1S/C21H30N2O5/c1-4-5-6-12-27-20(25)13-17-21(26)22-10-11-23(17)19(24)14-28-18-9-7-8-15(2)16(18)3/h7-9,17H,4-6,10-14H2,1-3H3,(H,22,26). The highest BCUT2D eigenvalue weighted by molar-refractivity contribution is 5.92. The molecule has 1 N–H and O–H groups in total. The number of esters is 1. The number of nitrogens with one attached hydrogen (secondary N) is 1. The zero-order chi connectivity index (χ0) is 20.5. The number of ether oxygens (including phenoxy) is 2. The SMILES string of the molecule is CCCCCOC(=O)CC1C(=O)NCCN1C(=O)COc1cccc(C)c1C. The van der Waals surface area contributed by atoms with Crippen LogP contribution in [-0.4, -0.2) is 55.0 Å². The Kier molecular flexibility index (Phi) is 8.29. The Morgan fingerprint density at radius 2 is 2.04 bits per heavy atom. The summed E-state index contributed by atoms with van der Waals surface area (Å²) in [4.78, 5) is 38.4. The van der Waals surface area contributed by atoms with Gasteiger partial charge in [0.15, 0.2) is 6.61 Å². The number of hydrogen-bond acceptors (Lipinski definition) is 5. The molecule has 0 aliphatic carbocycles. The molecule has 1 fully saturated rings. The predicted molar refractivity (Wildman–Crippen MR) is 105 cm³/mol. The average molecular weight is 390 g/mol. The van der Waals surface area contributed by atoms with Crippen molar-refractivity contribution < 1.29 is 23.9 Å². The summed E-state index contributed by atoms with van der Waals surface area (Å²) in [5.41, 5.74) is 2.05. The minimum Gasteiger partial charge on any atom is -0.483 e. The van der Waals surface area contributed by atoms with Gasteiger partial charge in [-0.05, 0) is 37.5 Å². The summed E-state index contributed by atoms with van der Waals surface area (Å²) >= 11 is 0. The molecule has 0 saturated carbocycles. The van der Waals surface area contributed by atoms with Gasteiger partial charge in [-0.1, -0.05) is 31.9 Å². The van der Waals surface area contributed by atoms with Crippen molar-refractivity contribution in [3.63, 3.8) is 0 Å². The molecule has 1 aromatic carbocycles. The lowest BCUT2D eigenvalue weighted by Crippen LogP contribution is -2.58. The second-order valence-electron chi connectivity index (χ2n) is 7.01. The number of carbonyl (C=O) groups excluding carboxylic acids is 3. The first kappa shape index (κ1) is 21.7. The van der Waals surface area contributed by atoms with Gasteiger partial charge in [-0.2, -0.15) is 0 Å². The quantitative estimate of drug-likeness (QED) is 0.516. The van der Waals surface area contributed by atoms with E-state index in [9.17, 15) is 14.4 Å². The number of rotatable bonds is 9. The third-order valence-electron chi connectivity index (χ3n) is 4.93. The second kappa shape index (κ2) is 10.7. The van der Waals surface area contributed by atoms with Crippen molar-refractivity contribution in [3.8, 4) is 5.75 Å². The Morgan fingerprint density at radius 3 is 2.79 bits per heavy atom. The van der Waals surface area contributed by atoms with E-state index in [0.717, 1.165) is 30.4 Å². The summed E-state index contributed by atoms with van der Waals surface area (Å²) in [7, 11) is 0. The smallest absolute Gasteiger partial charge is 0.308 e. The van der Waals surface area contributed by atoms with Gasteiger partial charge in [-0.3, -0.25) is 14.4 Å². The molecule has 1 unspecified atom stereocenters. The molecule has 1 atom stereocenters. The van der Waals surface area contributed by atoms with Crippen LogP contribution in [0, 0.1) is 13.8 Å². The van der Waals surface area contributed by atoms with Crippen molar-refractivity contribution in [2.45, 2.75) is 52.5 Å². The zero-order valence-corrected chi connectivity index (χ0v) is 17.0. The average Bonchev–Trinajstić information content (AvgIpc) is 2.67. The molecule has 154 valence electrons. The summed E-state index contributed by atoms with van der Waals surface area (Å²) in [6.45, 7) is 6.83. The van der Waals surface area contributed by atoms with E-state index in [-0.39, 0.29) is 24.8 Å². The maximum Gasteiger partial charge on any atom is 0.308 e. The second-order valence-corrected chi connectivity index (χ2v) is 7.01. The Hall–Kier alpha value is -2.57. The highest BCUT2D eigenvalue weighted by atomic mass is 16.5. The van der Waals surface area contributed by atoms with Crippen molar-refractivity contribution in [3.05, 3.63) is 29.3 Å². The number of benzene rings is 1. The summed E-state index contributed by atoms with van der Waals surface area (Å²) < 4.78 is 10.9. The molecule has 2 rings (SSSR count). The topological polar surface area (TPSA) is 84.9 Å². The van der Waals surface area contributed by atoms with Gasteiger partial charge in [0, 0.05) is 13.1 Å². The van der Waals surface area contributed by atoms with E-state index >= 15 is 0 Å². The summed E-state index contributed by atoms with van der Waals surface area (Å²) in [5, 5.41) is 2.71. The first-order chi connectivity index (χ1) is 13.4. The van der Waals surface area contributed by atoms with Gasteiger partial charge in [0.1, 0.15) is 11.8 Å². The highest BCUT2D eigenvalue weighted by Gasteiger charge is 2.35. The largest absolute Gasteiger partial charge is 0.483 e. The van der Waals surface area contributed by atoms with Gasteiger partial charge in [0.2, 0.25) is 5.91 Å². The molecular weight excluding hydrogens is 360 g/mol. The first-order valence-corrected chi connectivity index (χ1v) is 9.85. The molecule has 0 bridgehead atoms. The van der Waals surface area contributed by atoms with Gasteiger partial charge < -0.3 is 19.7 Å². The lowest BCUT2D eigenvalue weighted by atomic mass is 10.1.